The van der Waals surface area contributed by atoms with Crippen molar-refractivity contribution in [2.75, 3.05) is 0 Å². The van der Waals surface area contributed by atoms with E-state index in [-0.39, 0.29) is 22.8 Å². The highest BCUT2D eigenvalue weighted by Gasteiger charge is 2.26. The molecule has 2 aromatic heterocycles. The molecule has 3 rings (SSSR count). The summed E-state index contributed by atoms with van der Waals surface area (Å²) in [6, 6.07) is 11.7. The van der Waals surface area contributed by atoms with Crippen LogP contribution < -0.4 is 4.74 Å². The molecule has 0 atom stereocenters. The van der Waals surface area contributed by atoms with Gasteiger partial charge >= 0.3 is 0 Å². The number of aromatic nitrogens is 2. The Bertz CT molecular complexity index is 893. The van der Waals surface area contributed by atoms with Crippen molar-refractivity contribution in [1.29, 1.82) is 0 Å². The Balaban J connectivity index is 1.96. The zero-order valence-corrected chi connectivity index (χ0v) is 13.7. The molecular weight excluding hydrogens is 348 g/mol. The number of hydrogen-bond donors (Lipinski definition) is 0. The average molecular weight is 362 g/mol. The molecule has 0 saturated heterocycles. The minimum absolute atomic E-state index is 0.0819. The van der Waals surface area contributed by atoms with E-state index < -0.39 is 18.0 Å². The van der Waals surface area contributed by atoms with Gasteiger partial charge in [0.2, 0.25) is 5.88 Å². The minimum atomic E-state index is -3.06. The zero-order valence-electron chi connectivity index (χ0n) is 13.7. The highest BCUT2D eigenvalue weighted by atomic mass is 19.3. The summed E-state index contributed by atoms with van der Waals surface area (Å²) in [5.41, 5.74) is 0.113. The fourth-order valence-electron chi connectivity index (χ4n) is 2.42. The van der Waals surface area contributed by atoms with Crippen LogP contribution >= 0.6 is 0 Å². The molecule has 0 amide bonds. The van der Waals surface area contributed by atoms with Gasteiger partial charge in [0.15, 0.2) is 0 Å². The number of benzene rings is 1. The Kier molecular flexibility index (Phi) is 4.88. The zero-order chi connectivity index (χ0) is 18.7. The van der Waals surface area contributed by atoms with Crippen molar-refractivity contribution in [3.05, 3.63) is 72.2 Å². The molecule has 0 aliphatic heterocycles. The van der Waals surface area contributed by atoms with Gasteiger partial charge in [-0.1, -0.05) is 24.3 Å². The molecule has 0 saturated carbocycles. The average Bonchev–Trinajstić information content (AvgIpc) is 2.62. The van der Waals surface area contributed by atoms with Crippen LogP contribution in [-0.4, -0.2) is 9.97 Å². The molecule has 26 heavy (non-hydrogen) atoms. The highest BCUT2D eigenvalue weighted by Crippen LogP contribution is 2.37. The predicted octanol–water partition coefficient (Wildman–Crippen LogP) is 5.99. The summed E-state index contributed by atoms with van der Waals surface area (Å²) in [7, 11) is 0. The second kappa shape index (κ2) is 7.11. The van der Waals surface area contributed by atoms with Crippen LogP contribution in [0.2, 0.25) is 0 Å². The summed E-state index contributed by atoms with van der Waals surface area (Å²) in [6.07, 6.45) is -0.0669. The molecule has 3 nitrogen and oxygen atoms in total. The van der Waals surface area contributed by atoms with Gasteiger partial charge in [-0.3, -0.25) is 4.98 Å². The molecule has 0 fully saturated rings. The van der Waals surface area contributed by atoms with E-state index in [1.807, 2.05) is 0 Å². The summed E-state index contributed by atoms with van der Waals surface area (Å²) >= 11 is 0. The van der Waals surface area contributed by atoms with E-state index in [0.29, 0.717) is 5.56 Å². The topological polar surface area (TPSA) is 35.0 Å². The van der Waals surface area contributed by atoms with Gasteiger partial charge in [0.05, 0.1) is 6.20 Å². The van der Waals surface area contributed by atoms with Gasteiger partial charge in [-0.25, -0.2) is 13.8 Å². The Labute approximate surface area is 147 Å². The van der Waals surface area contributed by atoms with Crippen LogP contribution in [-0.2, 0) is 5.92 Å². The Morgan fingerprint density at radius 2 is 1.65 bits per heavy atom. The van der Waals surface area contributed by atoms with Crippen molar-refractivity contribution in [2.24, 2.45) is 0 Å². The maximum Gasteiger partial charge on any atom is 0.286 e. The molecule has 2 heterocycles. The molecule has 0 bridgehead atoms. The van der Waals surface area contributed by atoms with Crippen LogP contribution in [0.3, 0.4) is 0 Å². The number of alkyl halides is 4. The first kappa shape index (κ1) is 17.8. The second-order valence-corrected chi connectivity index (χ2v) is 5.61. The largest absolute Gasteiger partial charge is 0.437 e. The Morgan fingerprint density at radius 1 is 0.923 bits per heavy atom. The van der Waals surface area contributed by atoms with Gasteiger partial charge in [0.25, 0.3) is 12.3 Å². The van der Waals surface area contributed by atoms with Gasteiger partial charge in [-0.15, -0.1) is 0 Å². The lowest BCUT2D eigenvalue weighted by Gasteiger charge is -2.14. The summed E-state index contributed by atoms with van der Waals surface area (Å²) in [5, 5.41) is 0. The van der Waals surface area contributed by atoms with Crippen LogP contribution in [0.5, 0.6) is 11.6 Å². The lowest BCUT2D eigenvalue weighted by Crippen LogP contribution is -2.09. The monoisotopic (exact) mass is 362 g/mol. The van der Waals surface area contributed by atoms with Gasteiger partial charge in [0.1, 0.15) is 11.4 Å². The number of halogens is 4. The van der Waals surface area contributed by atoms with Gasteiger partial charge < -0.3 is 4.74 Å². The molecule has 7 heteroatoms. The van der Waals surface area contributed by atoms with E-state index in [1.54, 1.807) is 24.3 Å². The summed E-state index contributed by atoms with van der Waals surface area (Å²) in [4.78, 5) is 7.75. The fraction of sp³-hybridized carbons (Fsp3) is 0.158. The quantitative estimate of drug-likeness (QED) is 0.523. The molecule has 134 valence electrons. The van der Waals surface area contributed by atoms with Crippen LogP contribution in [0.1, 0.15) is 24.6 Å². The number of pyridine rings is 2. The lowest BCUT2D eigenvalue weighted by molar-refractivity contribution is 0.0127. The van der Waals surface area contributed by atoms with Crippen LogP contribution in [0, 0.1) is 0 Å². The predicted molar refractivity (Wildman–Crippen MR) is 88.5 cm³/mol. The molecule has 3 aromatic rings. The van der Waals surface area contributed by atoms with Gasteiger partial charge in [0, 0.05) is 24.2 Å². The molecule has 0 aliphatic rings. The van der Waals surface area contributed by atoms with Crippen LogP contribution in [0.25, 0.3) is 11.1 Å². The fourth-order valence-corrected chi connectivity index (χ4v) is 2.42. The second-order valence-electron chi connectivity index (χ2n) is 5.61. The third-order valence-electron chi connectivity index (χ3n) is 3.66. The van der Waals surface area contributed by atoms with E-state index in [4.69, 9.17) is 4.74 Å². The van der Waals surface area contributed by atoms with Crippen molar-refractivity contribution in [2.45, 2.75) is 19.3 Å². The maximum atomic E-state index is 13.3. The standard InChI is InChI=1S/C19H14F4N2O/c1-19(22,23)16-9-8-12(11-25-16)26-18-15(7-4-10-24-18)13-5-2-3-6-14(13)17(20)21/h2-11,17H,1H3. The smallest absolute Gasteiger partial charge is 0.286 e. The van der Waals surface area contributed by atoms with Crippen molar-refractivity contribution in [3.63, 3.8) is 0 Å². The molecule has 0 spiro atoms. The summed E-state index contributed by atoms with van der Waals surface area (Å²) in [5.74, 6) is -2.81. The number of hydrogen-bond acceptors (Lipinski definition) is 3. The number of rotatable bonds is 5. The first-order valence-electron chi connectivity index (χ1n) is 7.71. The van der Waals surface area contributed by atoms with Gasteiger partial charge in [-0.05, 0) is 29.8 Å². The van der Waals surface area contributed by atoms with Crippen molar-refractivity contribution >= 4 is 0 Å². The molecule has 0 aliphatic carbocycles. The Hall–Kier alpha value is -2.96. The van der Waals surface area contributed by atoms with Gasteiger partial charge in [-0.2, -0.15) is 8.78 Å². The minimum Gasteiger partial charge on any atom is -0.437 e. The highest BCUT2D eigenvalue weighted by molar-refractivity contribution is 5.72. The number of ether oxygens (including phenoxy) is 1. The SMILES string of the molecule is CC(F)(F)c1ccc(Oc2ncccc2-c2ccccc2C(F)F)cn1. The van der Waals surface area contributed by atoms with Crippen LogP contribution in [0.4, 0.5) is 17.6 Å². The maximum absolute atomic E-state index is 13.3. The Morgan fingerprint density at radius 3 is 2.31 bits per heavy atom. The number of nitrogens with zero attached hydrogens (tertiary/aromatic N) is 2. The van der Waals surface area contributed by atoms with Crippen molar-refractivity contribution < 1.29 is 22.3 Å². The third-order valence-corrected chi connectivity index (χ3v) is 3.66. The van der Waals surface area contributed by atoms with E-state index in [1.165, 1.54) is 24.4 Å². The molecule has 0 unspecified atom stereocenters. The molecule has 0 radical (unpaired) electrons. The summed E-state index contributed by atoms with van der Waals surface area (Å²) < 4.78 is 58.6. The summed E-state index contributed by atoms with van der Waals surface area (Å²) in [6.45, 7) is 0.744. The van der Waals surface area contributed by atoms with E-state index in [2.05, 4.69) is 9.97 Å². The van der Waals surface area contributed by atoms with E-state index in [9.17, 15) is 17.6 Å². The first-order valence-corrected chi connectivity index (χ1v) is 7.71. The lowest BCUT2D eigenvalue weighted by atomic mass is 10.0. The third kappa shape index (κ3) is 3.82. The van der Waals surface area contributed by atoms with Crippen molar-refractivity contribution in [3.8, 4) is 22.8 Å². The van der Waals surface area contributed by atoms with E-state index >= 15 is 0 Å². The van der Waals surface area contributed by atoms with E-state index in [0.717, 1.165) is 19.2 Å². The normalized spacial score (nSPS) is 11.6. The molecular formula is C19H14F4N2O. The molecule has 0 N–H and O–H groups in total. The van der Waals surface area contributed by atoms with Crippen LogP contribution in [0.15, 0.2) is 60.9 Å². The first-order chi connectivity index (χ1) is 12.4. The molecule has 1 aromatic carbocycles. The van der Waals surface area contributed by atoms with Crippen molar-refractivity contribution in [1.82, 2.24) is 9.97 Å².